The van der Waals surface area contributed by atoms with Gasteiger partial charge in [-0.15, -0.1) is 0 Å². The Balaban J connectivity index is 1.56. The number of nitrogens with zero attached hydrogens (tertiary/aromatic N) is 2. The van der Waals surface area contributed by atoms with Crippen LogP contribution in [-0.2, 0) is 20.8 Å². The van der Waals surface area contributed by atoms with E-state index in [1.54, 1.807) is 6.07 Å². The third-order valence-electron chi connectivity index (χ3n) is 5.36. The lowest BCUT2D eigenvalue weighted by Gasteiger charge is -2.31. The zero-order chi connectivity index (χ0) is 17.6. The van der Waals surface area contributed by atoms with E-state index in [9.17, 15) is 18.8 Å². The normalized spacial score (nSPS) is 25.2. The summed E-state index contributed by atoms with van der Waals surface area (Å²) in [6.07, 6.45) is 6.36. The molecule has 130 valence electrons. The van der Waals surface area contributed by atoms with E-state index in [1.807, 2.05) is 18.2 Å². The zero-order valence-electron chi connectivity index (χ0n) is 13.8. The van der Waals surface area contributed by atoms with Crippen molar-refractivity contribution in [1.29, 1.82) is 0 Å². The van der Waals surface area contributed by atoms with Crippen molar-refractivity contribution in [1.82, 2.24) is 4.90 Å². The first-order valence-corrected chi connectivity index (χ1v) is 8.66. The summed E-state index contributed by atoms with van der Waals surface area (Å²) in [5, 5.41) is 0. The molecular weight excluding hydrogens is 323 g/mol. The van der Waals surface area contributed by atoms with Gasteiger partial charge in [0.15, 0.2) is 0 Å². The molecule has 1 aromatic carbocycles. The van der Waals surface area contributed by atoms with Gasteiger partial charge in [-0.2, -0.15) is 0 Å². The number of halogens is 1. The molecule has 0 radical (unpaired) electrons. The molecule has 0 N–H and O–H groups in total. The van der Waals surface area contributed by atoms with Crippen LogP contribution in [-0.4, -0.2) is 35.7 Å². The van der Waals surface area contributed by atoms with Crippen molar-refractivity contribution in [2.24, 2.45) is 11.8 Å². The van der Waals surface area contributed by atoms with Crippen LogP contribution in [0.2, 0.25) is 0 Å². The van der Waals surface area contributed by atoms with Gasteiger partial charge in [0.2, 0.25) is 17.7 Å². The van der Waals surface area contributed by atoms with Crippen LogP contribution in [0, 0.1) is 17.7 Å². The highest BCUT2D eigenvalue weighted by Gasteiger charge is 2.48. The molecule has 4 rings (SSSR count). The smallest absolute Gasteiger partial charge is 0.247 e. The lowest BCUT2D eigenvalue weighted by molar-refractivity contribution is -0.143. The van der Waals surface area contributed by atoms with Crippen molar-refractivity contribution in [2.45, 2.75) is 25.7 Å². The molecule has 0 bridgehead atoms. The largest absolute Gasteiger partial charge is 0.308 e. The maximum absolute atomic E-state index is 14.2. The molecule has 3 amide bonds. The van der Waals surface area contributed by atoms with Crippen LogP contribution in [0.1, 0.15) is 24.8 Å². The fourth-order valence-corrected chi connectivity index (χ4v) is 4.10. The van der Waals surface area contributed by atoms with Gasteiger partial charge in [0.1, 0.15) is 12.4 Å². The van der Waals surface area contributed by atoms with Gasteiger partial charge in [-0.05, 0) is 37.3 Å². The van der Waals surface area contributed by atoms with E-state index in [-0.39, 0.29) is 35.9 Å². The molecule has 0 unspecified atom stereocenters. The second-order valence-corrected chi connectivity index (χ2v) is 6.81. The molecule has 25 heavy (non-hydrogen) atoms. The summed E-state index contributed by atoms with van der Waals surface area (Å²) < 4.78 is 14.2. The van der Waals surface area contributed by atoms with Crippen LogP contribution < -0.4 is 4.90 Å². The summed E-state index contributed by atoms with van der Waals surface area (Å²) in [5.74, 6) is -2.11. The van der Waals surface area contributed by atoms with Crippen molar-refractivity contribution >= 4 is 23.4 Å². The molecule has 1 aliphatic carbocycles. The fourth-order valence-electron chi connectivity index (χ4n) is 4.10. The number of benzene rings is 1. The predicted octanol–water partition coefficient (Wildman–Crippen LogP) is 2.06. The zero-order valence-corrected chi connectivity index (χ0v) is 13.8. The number of hydrogen-bond donors (Lipinski definition) is 0. The van der Waals surface area contributed by atoms with E-state index in [0.717, 1.165) is 16.9 Å². The van der Waals surface area contributed by atoms with E-state index in [4.69, 9.17) is 0 Å². The minimum Gasteiger partial charge on any atom is -0.308 e. The molecule has 1 aromatic rings. The number of hydrogen-bond acceptors (Lipinski definition) is 3. The minimum absolute atomic E-state index is 0.279. The molecule has 0 saturated carbocycles. The van der Waals surface area contributed by atoms with Gasteiger partial charge in [0.25, 0.3) is 0 Å². The monoisotopic (exact) mass is 342 g/mol. The molecule has 1 fully saturated rings. The summed E-state index contributed by atoms with van der Waals surface area (Å²) in [5.41, 5.74) is 1.08. The van der Waals surface area contributed by atoms with E-state index in [0.29, 0.717) is 25.8 Å². The van der Waals surface area contributed by atoms with Gasteiger partial charge in [-0.3, -0.25) is 19.3 Å². The maximum Gasteiger partial charge on any atom is 0.247 e. The highest BCUT2D eigenvalue weighted by Crippen LogP contribution is 2.35. The number of para-hydroxylation sites is 1. The third kappa shape index (κ3) is 2.56. The van der Waals surface area contributed by atoms with E-state index >= 15 is 0 Å². The molecular formula is C19H19FN2O3. The lowest BCUT2D eigenvalue weighted by Crippen LogP contribution is -2.45. The van der Waals surface area contributed by atoms with Crippen LogP contribution in [0.5, 0.6) is 0 Å². The molecule has 1 saturated heterocycles. The van der Waals surface area contributed by atoms with Crippen LogP contribution in [0.3, 0.4) is 0 Å². The Bertz CT molecular complexity index is 763. The number of aryl methyl sites for hydroxylation is 1. The number of likely N-dealkylation sites (tertiary alicyclic amines) is 1. The number of carbonyl (C=O) groups excluding carboxylic acids is 3. The topological polar surface area (TPSA) is 57.7 Å². The Morgan fingerprint density at radius 2 is 1.80 bits per heavy atom. The summed E-state index contributed by atoms with van der Waals surface area (Å²) >= 11 is 0. The summed E-state index contributed by atoms with van der Waals surface area (Å²) in [6.45, 7) is 0.0931. The summed E-state index contributed by atoms with van der Waals surface area (Å²) in [6, 6.07) is 4.77. The summed E-state index contributed by atoms with van der Waals surface area (Å²) in [7, 11) is 0. The van der Waals surface area contributed by atoms with Gasteiger partial charge in [0.05, 0.1) is 17.5 Å². The molecule has 2 atom stereocenters. The Morgan fingerprint density at radius 3 is 2.48 bits per heavy atom. The molecule has 2 heterocycles. The Morgan fingerprint density at radius 1 is 1.12 bits per heavy atom. The van der Waals surface area contributed by atoms with Crippen molar-refractivity contribution in [3.63, 3.8) is 0 Å². The van der Waals surface area contributed by atoms with Crippen LogP contribution in [0.15, 0.2) is 30.4 Å². The number of carbonyl (C=O) groups is 3. The number of amides is 3. The Kier molecular flexibility index (Phi) is 3.90. The van der Waals surface area contributed by atoms with Crippen LogP contribution >= 0.6 is 0 Å². The number of imide groups is 1. The third-order valence-corrected chi connectivity index (χ3v) is 5.36. The molecule has 0 aromatic heterocycles. The van der Waals surface area contributed by atoms with Crippen molar-refractivity contribution < 1.29 is 18.8 Å². The second-order valence-electron chi connectivity index (χ2n) is 6.81. The maximum atomic E-state index is 14.2. The van der Waals surface area contributed by atoms with Crippen molar-refractivity contribution in [3.05, 3.63) is 41.7 Å². The number of allylic oxidation sites excluding steroid dienone is 2. The average Bonchev–Trinajstić information content (AvgIpc) is 2.87. The van der Waals surface area contributed by atoms with E-state index in [1.165, 1.54) is 11.0 Å². The molecule has 0 spiro atoms. The fraction of sp³-hybridized carbons (Fsp3) is 0.421. The lowest BCUT2D eigenvalue weighted by atomic mass is 9.85. The number of fused-ring (bicyclic) bond motifs is 2. The number of rotatable bonds is 2. The Hall–Kier alpha value is -2.50. The molecule has 5 nitrogen and oxygen atoms in total. The van der Waals surface area contributed by atoms with E-state index in [2.05, 4.69) is 0 Å². The highest BCUT2D eigenvalue weighted by atomic mass is 19.1. The van der Waals surface area contributed by atoms with Gasteiger partial charge in [-0.1, -0.05) is 24.3 Å². The molecule has 3 aliphatic rings. The first kappa shape index (κ1) is 16.0. The first-order chi connectivity index (χ1) is 12.1. The van der Waals surface area contributed by atoms with Gasteiger partial charge < -0.3 is 4.90 Å². The first-order valence-electron chi connectivity index (χ1n) is 8.66. The molecule has 2 aliphatic heterocycles. The van der Waals surface area contributed by atoms with Gasteiger partial charge in [0, 0.05) is 6.54 Å². The van der Waals surface area contributed by atoms with Crippen LogP contribution in [0.25, 0.3) is 0 Å². The average molecular weight is 342 g/mol. The van der Waals surface area contributed by atoms with Crippen molar-refractivity contribution in [3.8, 4) is 0 Å². The van der Waals surface area contributed by atoms with E-state index < -0.39 is 11.7 Å². The van der Waals surface area contributed by atoms with Gasteiger partial charge in [-0.25, -0.2) is 4.39 Å². The van der Waals surface area contributed by atoms with Crippen LogP contribution in [0.4, 0.5) is 10.1 Å². The van der Waals surface area contributed by atoms with Gasteiger partial charge >= 0.3 is 0 Å². The summed E-state index contributed by atoms with van der Waals surface area (Å²) in [4.78, 5) is 40.2. The standard InChI is InChI=1S/C19H19FN2O3/c20-15-9-3-5-12-6-4-10-21(17(12)15)16(23)11-22-18(24)13-7-1-2-8-14(13)19(22)25/h1-3,5,9,13-14H,4,6-8,10-11H2/t13-,14-/m1/s1. The highest BCUT2D eigenvalue weighted by molar-refractivity contribution is 6.09. The van der Waals surface area contributed by atoms with Crippen molar-refractivity contribution in [2.75, 3.05) is 18.0 Å². The quantitative estimate of drug-likeness (QED) is 0.611. The predicted molar refractivity (Wildman–Crippen MR) is 89.1 cm³/mol. The minimum atomic E-state index is -0.442. The molecule has 6 heteroatoms. The Labute approximate surface area is 145 Å². The SMILES string of the molecule is O=C1[C@@H]2CC=CC[C@H]2C(=O)N1CC(=O)N1CCCc2cccc(F)c21. The second kappa shape index (κ2) is 6.10. The number of anilines is 1.